The van der Waals surface area contributed by atoms with Crippen LogP contribution in [0.15, 0.2) is 30.3 Å². The molecule has 1 rings (SSSR count). The van der Waals surface area contributed by atoms with E-state index in [-0.39, 0.29) is 12.8 Å². The van der Waals surface area contributed by atoms with Gasteiger partial charge in [0.15, 0.2) is 0 Å². The predicted octanol–water partition coefficient (Wildman–Crippen LogP) is 3.67. The highest BCUT2D eigenvalue weighted by molar-refractivity contribution is 7.98. The van der Waals surface area contributed by atoms with Gasteiger partial charge in [0.2, 0.25) is 7.37 Å². The summed E-state index contributed by atoms with van der Waals surface area (Å²) in [6, 6.07) is 9.32. The van der Waals surface area contributed by atoms with Crippen molar-refractivity contribution < 1.29 is 19.0 Å². The Morgan fingerprint density at radius 2 is 2.09 bits per heavy atom. The number of alkyl carbamates (subject to hydrolysis) is 1. The minimum absolute atomic E-state index is 0.144. The van der Waals surface area contributed by atoms with E-state index in [1.807, 2.05) is 43.5 Å². The van der Waals surface area contributed by atoms with Crippen LogP contribution in [-0.2, 0) is 15.9 Å². The SMILES string of the molecule is CCCP(=O)(O)C(CCSC)NC(=O)OCc1ccccc1. The molecule has 2 N–H and O–H groups in total. The number of nitrogens with one attached hydrogen (secondary N) is 1. The third-order valence-corrected chi connectivity index (χ3v) is 6.22. The fourth-order valence-corrected chi connectivity index (χ4v) is 4.42. The molecule has 2 atom stereocenters. The Balaban J connectivity index is 2.56. The summed E-state index contributed by atoms with van der Waals surface area (Å²) in [6.45, 7) is 1.99. The number of hydrogen-bond donors (Lipinski definition) is 2. The van der Waals surface area contributed by atoms with Gasteiger partial charge in [0.1, 0.15) is 12.4 Å². The molecule has 22 heavy (non-hydrogen) atoms. The van der Waals surface area contributed by atoms with Crippen molar-refractivity contribution in [2.24, 2.45) is 0 Å². The van der Waals surface area contributed by atoms with Gasteiger partial charge in [-0.05, 0) is 30.4 Å². The molecule has 1 aromatic rings. The first-order valence-corrected chi connectivity index (χ1v) is 10.6. The molecule has 0 bridgehead atoms. The number of carbonyl (C=O) groups is 1. The Labute approximate surface area is 136 Å². The maximum Gasteiger partial charge on any atom is 0.408 e. The van der Waals surface area contributed by atoms with Crippen molar-refractivity contribution >= 4 is 25.2 Å². The quantitative estimate of drug-likeness (QED) is 0.668. The van der Waals surface area contributed by atoms with Crippen LogP contribution in [-0.4, -0.2) is 34.9 Å². The number of benzene rings is 1. The highest BCUT2D eigenvalue weighted by atomic mass is 32.2. The van der Waals surface area contributed by atoms with Crippen LogP contribution in [0.3, 0.4) is 0 Å². The molecule has 0 saturated heterocycles. The van der Waals surface area contributed by atoms with Crippen molar-refractivity contribution in [2.75, 3.05) is 18.2 Å². The van der Waals surface area contributed by atoms with Crippen LogP contribution < -0.4 is 5.32 Å². The summed E-state index contributed by atoms with van der Waals surface area (Å²) in [5, 5.41) is 2.56. The molecule has 0 aromatic heterocycles. The fraction of sp³-hybridized carbons (Fsp3) is 0.533. The molecule has 0 aliphatic rings. The number of rotatable bonds is 9. The van der Waals surface area contributed by atoms with E-state index in [0.29, 0.717) is 18.6 Å². The van der Waals surface area contributed by atoms with Crippen LogP contribution >= 0.6 is 19.1 Å². The van der Waals surface area contributed by atoms with E-state index in [9.17, 15) is 14.3 Å². The van der Waals surface area contributed by atoms with Crippen molar-refractivity contribution in [1.82, 2.24) is 5.32 Å². The van der Waals surface area contributed by atoms with Crippen LogP contribution in [0, 0.1) is 0 Å². The van der Waals surface area contributed by atoms with Crippen molar-refractivity contribution in [3.63, 3.8) is 0 Å². The van der Waals surface area contributed by atoms with E-state index >= 15 is 0 Å². The van der Waals surface area contributed by atoms with Gasteiger partial charge in [0, 0.05) is 6.16 Å². The lowest BCUT2D eigenvalue weighted by molar-refractivity contribution is 0.137. The van der Waals surface area contributed by atoms with Gasteiger partial charge in [-0.1, -0.05) is 37.3 Å². The van der Waals surface area contributed by atoms with Crippen LogP contribution in [0.5, 0.6) is 0 Å². The summed E-state index contributed by atoms with van der Waals surface area (Å²) in [5.74, 6) is -0.0408. The standard InChI is InChI=1S/C15H24NO4PS/c1-3-10-21(18,19)14(9-11-22-2)16-15(17)20-12-13-7-5-4-6-8-13/h4-8,14H,3,9-12H2,1-2H3,(H,16,17)(H,18,19). The first-order valence-electron chi connectivity index (χ1n) is 7.27. The number of hydrogen-bond acceptors (Lipinski definition) is 4. The molecular weight excluding hydrogens is 321 g/mol. The van der Waals surface area contributed by atoms with Gasteiger partial charge in [-0.25, -0.2) is 4.79 Å². The Morgan fingerprint density at radius 3 is 2.68 bits per heavy atom. The van der Waals surface area contributed by atoms with Gasteiger partial charge in [-0.2, -0.15) is 11.8 Å². The molecule has 0 heterocycles. The van der Waals surface area contributed by atoms with Gasteiger partial charge in [0.05, 0.1) is 0 Å². The maximum absolute atomic E-state index is 12.3. The van der Waals surface area contributed by atoms with E-state index < -0.39 is 19.2 Å². The Hall–Kier alpha value is -0.970. The van der Waals surface area contributed by atoms with Crippen molar-refractivity contribution in [1.29, 1.82) is 0 Å². The Morgan fingerprint density at radius 1 is 1.41 bits per heavy atom. The molecule has 2 unspecified atom stereocenters. The van der Waals surface area contributed by atoms with E-state index in [2.05, 4.69) is 5.32 Å². The minimum Gasteiger partial charge on any atom is -0.445 e. The first kappa shape index (κ1) is 19.1. The average Bonchev–Trinajstić information content (AvgIpc) is 2.50. The summed E-state index contributed by atoms with van der Waals surface area (Å²) >= 11 is 1.58. The zero-order valence-corrected chi connectivity index (χ0v) is 14.7. The molecule has 1 amide bonds. The number of thioether (sulfide) groups is 1. The van der Waals surface area contributed by atoms with E-state index in [4.69, 9.17) is 4.74 Å². The molecule has 0 aliphatic heterocycles. The lowest BCUT2D eigenvalue weighted by Crippen LogP contribution is -2.36. The highest BCUT2D eigenvalue weighted by Crippen LogP contribution is 2.47. The second-order valence-electron chi connectivity index (χ2n) is 4.98. The van der Waals surface area contributed by atoms with Gasteiger partial charge in [0.25, 0.3) is 0 Å². The van der Waals surface area contributed by atoms with Gasteiger partial charge in [-0.15, -0.1) is 0 Å². The molecule has 5 nitrogen and oxygen atoms in total. The maximum atomic E-state index is 12.3. The monoisotopic (exact) mass is 345 g/mol. The topological polar surface area (TPSA) is 75.6 Å². The number of carbonyl (C=O) groups excluding carboxylic acids is 1. The summed E-state index contributed by atoms with van der Waals surface area (Å²) in [5.41, 5.74) is 0.874. The average molecular weight is 345 g/mol. The largest absolute Gasteiger partial charge is 0.445 e. The van der Waals surface area contributed by atoms with Crippen LogP contribution in [0.1, 0.15) is 25.3 Å². The summed E-state index contributed by atoms with van der Waals surface area (Å²) in [6.07, 6.45) is 2.53. The number of amides is 1. The molecule has 0 saturated carbocycles. The molecule has 0 fully saturated rings. The predicted molar refractivity (Wildman–Crippen MR) is 91.5 cm³/mol. The molecule has 0 spiro atoms. The zero-order chi connectivity index (χ0) is 16.4. The molecule has 1 aromatic carbocycles. The van der Waals surface area contributed by atoms with Crippen LogP contribution in [0.2, 0.25) is 0 Å². The Bertz CT molecular complexity index is 498. The number of ether oxygens (including phenoxy) is 1. The minimum atomic E-state index is -3.41. The molecule has 0 aliphatic carbocycles. The van der Waals surface area contributed by atoms with Gasteiger partial charge < -0.3 is 14.9 Å². The molecular formula is C15H24NO4PS. The highest BCUT2D eigenvalue weighted by Gasteiger charge is 2.31. The van der Waals surface area contributed by atoms with E-state index in [0.717, 1.165) is 5.56 Å². The first-order chi connectivity index (χ1) is 10.5. The fourth-order valence-electron chi connectivity index (χ4n) is 1.98. The second-order valence-corrected chi connectivity index (χ2v) is 8.55. The van der Waals surface area contributed by atoms with Gasteiger partial charge in [-0.3, -0.25) is 4.57 Å². The molecule has 7 heteroatoms. The molecule has 124 valence electrons. The van der Waals surface area contributed by atoms with E-state index in [1.54, 1.807) is 11.8 Å². The zero-order valence-electron chi connectivity index (χ0n) is 13.0. The normalized spacial score (nSPS) is 14.9. The Kier molecular flexibility index (Phi) is 8.61. The third-order valence-electron chi connectivity index (χ3n) is 3.12. The summed E-state index contributed by atoms with van der Waals surface area (Å²) in [7, 11) is -3.41. The smallest absolute Gasteiger partial charge is 0.408 e. The van der Waals surface area contributed by atoms with Crippen LogP contribution in [0.4, 0.5) is 4.79 Å². The lowest BCUT2D eigenvalue weighted by atomic mass is 10.2. The summed E-state index contributed by atoms with van der Waals surface area (Å²) < 4.78 is 17.4. The van der Waals surface area contributed by atoms with Crippen molar-refractivity contribution in [3.05, 3.63) is 35.9 Å². The lowest BCUT2D eigenvalue weighted by Gasteiger charge is -2.23. The van der Waals surface area contributed by atoms with Crippen molar-refractivity contribution in [2.45, 2.75) is 32.2 Å². The van der Waals surface area contributed by atoms with Crippen LogP contribution in [0.25, 0.3) is 0 Å². The van der Waals surface area contributed by atoms with Gasteiger partial charge >= 0.3 is 6.09 Å². The third kappa shape index (κ3) is 6.86. The summed E-state index contributed by atoms with van der Waals surface area (Å²) in [4.78, 5) is 22.0. The molecule has 0 radical (unpaired) electrons. The van der Waals surface area contributed by atoms with E-state index in [1.165, 1.54) is 0 Å². The van der Waals surface area contributed by atoms with Crippen molar-refractivity contribution in [3.8, 4) is 0 Å². The second kappa shape index (κ2) is 9.93.